The Kier molecular flexibility index (Phi) is 5.28. The molecular weight excluding hydrogens is 310 g/mol. The Morgan fingerprint density at radius 1 is 1.22 bits per heavy atom. The van der Waals surface area contributed by atoms with Gasteiger partial charge < -0.3 is 9.47 Å². The van der Waals surface area contributed by atoms with Gasteiger partial charge in [-0.1, -0.05) is 18.6 Å². The molecule has 0 radical (unpaired) electrons. The van der Waals surface area contributed by atoms with Crippen molar-refractivity contribution in [2.24, 2.45) is 0 Å². The molecule has 1 fully saturated rings. The Morgan fingerprint density at radius 2 is 2.00 bits per heavy atom. The highest BCUT2D eigenvalue weighted by Crippen LogP contribution is 2.34. The van der Waals surface area contributed by atoms with E-state index in [2.05, 4.69) is 17.1 Å². The van der Waals surface area contributed by atoms with Gasteiger partial charge in [0.1, 0.15) is 16.7 Å². The molecule has 122 valence electrons. The lowest BCUT2D eigenvalue weighted by molar-refractivity contribution is 0.0262. The molecule has 2 atom stereocenters. The van der Waals surface area contributed by atoms with Crippen LogP contribution in [0.1, 0.15) is 53.3 Å². The predicted octanol–water partition coefficient (Wildman–Crippen LogP) is 4.43. The van der Waals surface area contributed by atoms with Gasteiger partial charge in [-0.25, -0.2) is 4.79 Å². The predicted molar refractivity (Wildman–Crippen MR) is 90.1 cm³/mol. The minimum Gasteiger partial charge on any atom is -0.497 e. The molecule has 0 spiro atoms. The van der Waals surface area contributed by atoms with E-state index in [9.17, 15) is 4.79 Å². The molecule has 0 bridgehead atoms. The van der Waals surface area contributed by atoms with Crippen LogP contribution in [0, 0.1) is 0 Å². The molecule has 2 unspecified atom stereocenters. The topological polar surface area (TPSA) is 48.4 Å². The summed E-state index contributed by atoms with van der Waals surface area (Å²) >= 11 is 1.33. The van der Waals surface area contributed by atoms with Crippen LogP contribution in [0.15, 0.2) is 36.0 Å². The Labute approximate surface area is 140 Å². The lowest BCUT2D eigenvalue weighted by Gasteiger charge is -2.20. The number of carbonyl (C=O) groups is 1. The summed E-state index contributed by atoms with van der Waals surface area (Å²) in [6, 6.07) is 8.24. The van der Waals surface area contributed by atoms with Crippen molar-refractivity contribution in [3.05, 3.63) is 46.4 Å². The number of methoxy groups -OCH3 is 1. The maximum Gasteiger partial charge on any atom is 0.350 e. The lowest BCUT2D eigenvalue weighted by Crippen LogP contribution is -2.19. The number of thiazole rings is 1. The number of ether oxygens (including phenoxy) is 2. The van der Waals surface area contributed by atoms with Crippen LogP contribution >= 0.6 is 11.3 Å². The molecule has 5 heteroatoms. The van der Waals surface area contributed by atoms with E-state index in [0.29, 0.717) is 10.8 Å². The average molecular weight is 331 g/mol. The van der Waals surface area contributed by atoms with Gasteiger partial charge in [0, 0.05) is 0 Å². The van der Waals surface area contributed by atoms with Gasteiger partial charge in [0.25, 0.3) is 0 Å². The fourth-order valence-electron chi connectivity index (χ4n) is 3.13. The zero-order valence-electron chi connectivity index (χ0n) is 13.2. The summed E-state index contributed by atoms with van der Waals surface area (Å²) in [5.74, 6) is 1.06. The maximum atomic E-state index is 12.1. The van der Waals surface area contributed by atoms with Crippen LogP contribution in [0.25, 0.3) is 0 Å². The highest BCUT2D eigenvalue weighted by Gasteiger charge is 2.25. The van der Waals surface area contributed by atoms with Crippen molar-refractivity contribution in [1.29, 1.82) is 0 Å². The second-order valence-electron chi connectivity index (χ2n) is 5.88. The monoisotopic (exact) mass is 331 g/mol. The van der Waals surface area contributed by atoms with Gasteiger partial charge in [0.15, 0.2) is 0 Å². The van der Waals surface area contributed by atoms with Crippen LogP contribution in [0.2, 0.25) is 0 Å². The highest BCUT2D eigenvalue weighted by atomic mass is 32.1. The smallest absolute Gasteiger partial charge is 0.350 e. The summed E-state index contributed by atoms with van der Waals surface area (Å²) < 4.78 is 10.9. The van der Waals surface area contributed by atoms with Gasteiger partial charge in [0.05, 0.1) is 18.8 Å². The van der Waals surface area contributed by atoms with E-state index in [4.69, 9.17) is 9.47 Å². The summed E-state index contributed by atoms with van der Waals surface area (Å²) in [7, 11) is 1.68. The van der Waals surface area contributed by atoms with Crippen LogP contribution in [-0.4, -0.2) is 24.2 Å². The van der Waals surface area contributed by atoms with Crippen molar-refractivity contribution in [3.8, 4) is 5.75 Å². The van der Waals surface area contributed by atoms with E-state index in [-0.39, 0.29) is 12.1 Å². The zero-order valence-corrected chi connectivity index (χ0v) is 14.1. The molecule has 0 amide bonds. The molecule has 2 aromatic rings. The van der Waals surface area contributed by atoms with Gasteiger partial charge >= 0.3 is 5.97 Å². The summed E-state index contributed by atoms with van der Waals surface area (Å²) in [5, 5.41) is 0. The molecule has 1 heterocycles. The van der Waals surface area contributed by atoms with E-state index >= 15 is 0 Å². The van der Waals surface area contributed by atoms with Gasteiger partial charge in [-0.2, -0.15) is 0 Å². The second kappa shape index (κ2) is 7.59. The quantitative estimate of drug-likeness (QED) is 0.614. The largest absolute Gasteiger partial charge is 0.497 e. The maximum absolute atomic E-state index is 12.1. The standard InChI is InChI=1S/C18H21NO3S/c1-21-15-8-6-13(7-9-15)14-4-2-3-5-16(10-14)22-18(20)17-11-19-12-23-17/h6-9,11-12,14,16H,2-5,10H2,1H3. The summed E-state index contributed by atoms with van der Waals surface area (Å²) in [5.41, 5.74) is 2.95. The first kappa shape index (κ1) is 16.0. The first-order valence-corrected chi connectivity index (χ1v) is 8.87. The number of esters is 1. The van der Waals surface area contributed by atoms with Crippen molar-refractivity contribution < 1.29 is 14.3 Å². The number of aromatic nitrogens is 1. The number of benzene rings is 1. The molecule has 0 saturated heterocycles. The van der Waals surface area contributed by atoms with Crippen LogP contribution in [0.4, 0.5) is 0 Å². The SMILES string of the molecule is COc1ccc(C2CCCCC(OC(=O)c3cncs3)C2)cc1. The summed E-state index contributed by atoms with van der Waals surface area (Å²) in [6.45, 7) is 0. The van der Waals surface area contributed by atoms with E-state index in [1.807, 2.05) is 12.1 Å². The first-order chi connectivity index (χ1) is 11.3. The van der Waals surface area contributed by atoms with E-state index in [0.717, 1.165) is 31.4 Å². The Bertz CT molecular complexity index is 624. The van der Waals surface area contributed by atoms with Crippen molar-refractivity contribution in [2.75, 3.05) is 7.11 Å². The molecule has 3 rings (SSSR count). The zero-order chi connectivity index (χ0) is 16.1. The third-order valence-corrected chi connectivity index (χ3v) is 5.12. The Balaban J connectivity index is 1.66. The number of rotatable bonds is 4. The molecule has 1 aromatic carbocycles. The molecule has 4 nitrogen and oxygen atoms in total. The summed E-state index contributed by atoms with van der Waals surface area (Å²) in [6.07, 6.45) is 6.80. The second-order valence-corrected chi connectivity index (χ2v) is 6.77. The van der Waals surface area contributed by atoms with Crippen molar-refractivity contribution in [1.82, 2.24) is 4.98 Å². The van der Waals surface area contributed by atoms with Crippen LogP contribution in [0.5, 0.6) is 5.75 Å². The third-order valence-electron chi connectivity index (χ3n) is 4.37. The lowest BCUT2D eigenvalue weighted by atomic mass is 9.91. The number of hydrogen-bond donors (Lipinski definition) is 0. The molecular formula is C18H21NO3S. The number of nitrogens with zero attached hydrogens (tertiary/aromatic N) is 1. The van der Waals surface area contributed by atoms with Crippen LogP contribution < -0.4 is 4.74 Å². The van der Waals surface area contributed by atoms with Crippen molar-refractivity contribution >= 4 is 17.3 Å². The molecule has 1 aliphatic rings. The van der Waals surface area contributed by atoms with Gasteiger partial charge in [0.2, 0.25) is 0 Å². The molecule has 1 aromatic heterocycles. The van der Waals surface area contributed by atoms with Crippen LogP contribution in [0.3, 0.4) is 0 Å². The average Bonchev–Trinajstić information content (AvgIpc) is 3.03. The van der Waals surface area contributed by atoms with Crippen LogP contribution in [-0.2, 0) is 4.74 Å². The first-order valence-electron chi connectivity index (χ1n) is 7.99. The third kappa shape index (κ3) is 4.10. The Hall–Kier alpha value is -1.88. The highest BCUT2D eigenvalue weighted by molar-refractivity contribution is 7.11. The molecule has 23 heavy (non-hydrogen) atoms. The minimum absolute atomic E-state index is 0.0146. The van der Waals surface area contributed by atoms with E-state index in [1.54, 1.807) is 18.8 Å². The fraction of sp³-hybridized carbons (Fsp3) is 0.444. The van der Waals surface area contributed by atoms with E-state index in [1.165, 1.54) is 23.3 Å². The molecule has 0 N–H and O–H groups in total. The Morgan fingerprint density at radius 3 is 2.70 bits per heavy atom. The molecule has 0 aliphatic heterocycles. The van der Waals surface area contributed by atoms with E-state index < -0.39 is 0 Å². The molecule has 1 aliphatic carbocycles. The van der Waals surface area contributed by atoms with Crippen molar-refractivity contribution in [2.45, 2.75) is 44.1 Å². The normalized spacial score (nSPS) is 21.4. The molecule has 1 saturated carbocycles. The number of hydrogen-bond acceptors (Lipinski definition) is 5. The fourth-order valence-corrected chi connectivity index (χ4v) is 3.63. The van der Waals surface area contributed by atoms with Gasteiger partial charge in [-0.15, -0.1) is 11.3 Å². The van der Waals surface area contributed by atoms with Gasteiger partial charge in [-0.3, -0.25) is 4.98 Å². The summed E-state index contributed by atoms with van der Waals surface area (Å²) in [4.78, 5) is 16.7. The number of carbonyl (C=O) groups excluding carboxylic acids is 1. The van der Waals surface area contributed by atoms with Crippen molar-refractivity contribution in [3.63, 3.8) is 0 Å². The van der Waals surface area contributed by atoms with Gasteiger partial charge in [-0.05, 0) is 49.3 Å². The minimum atomic E-state index is -0.243.